The van der Waals surface area contributed by atoms with Gasteiger partial charge < -0.3 is 9.30 Å². The third-order valence-corrected chi connectivity index (χ3v) is 11.8. The fraction of sp³-hybridized carbons (Fsp3) is 0.0196. The van der Waals surface area contributed by atoms with E-state index in [2.05, 4.69) is 193 Å². The van der Waals surface area contributed by atoms with Gasteiger partial charge in [0.2, 0.25) is 0 Å². The largest absolute Gasteiger partial charge is 0.457 e. The molecule has 0 fully saturated rings. The van der Waals surface area contributed by atoms with Crippen LogP contribution in [0.1, 0.15) is 22.3 Å². The normalized spacial score (nSPS) is 13.6. The highest BCUT2D eigenvalue weighted by atomic mass is 16.5. The average Bonchev–Trinajstić information content (AvgIpc) is 3.71. The second kappa shape index (κ2) is 10.6. The van der Waals surface area contributed by atoms with Crippen LogP contribution >= 0.6 is 0 Å². The molecule has 1 aromatic heterocycles. The lowest BCUT2D eigenvalue weighted by Gasteiger charge is -2.39. The van der Waals surface area contributed by atoms with Crippen molar-refractivity contribution in [3.8, 4) is 39.4 Å². The summed E-state index contributed by atoms with van der Waals surface area (Å²) < 4.78 is 9.41. The first-order chi connectivity index (χ1) is 26.3. The first-order valence-corrected chi connectivity index (χ1v) is 18.3. The molecular formula is C51H31NO. The Balaban J connectivity index is 1.17. The Morgan fingerprint density at radius 3 is 1.75 bits per heavy atom. The van der Waals surface area contributed by atoms with E-state index in [0.717, 1.165) is 22.7 Å². The van der Waals surface area contributed by atoms with E-state index in [0.29, 0.717) is 0 Å². The Hall–Kier alpha value is -6.90. The highest BCUT2D eigenvalue weighted by Gasteiger charge is 2.51. The summed E-state index contributed by atoms with van der Waals surface area (Å²) in [5, 5.41) is 7.47. The predicted octanol–water partition coefficient (Wildman–Crippen LogP) is 13.2. The van der Waals surface area contributed by atoms with Crippen molar-refractivity contribution in [3.05, 3.63) is 210 Å². The van der Waals surface area contributed by atoms with Crippen LogP contribution in [0.25, 0.3) is 71.3 Å². The molecule has 9 aromatic carbocycles. The molecule has 2 heteroatoms. The molecular weight excluding hydrogens is 643 g/mol. The number of para-hydroxylation sites is 1. The average molecular weight is 674 g/mol. The second-order valence-corrected chi connectivity index (χ2v) is 14.4. The minimum absolute atomic E-state index is 0.523. The molecule has 53 heavy (non-hydrogen) atoms. The van der Waals surface area contributed by atoms with Crippen LogP contribution < -0.4 is 4.74 Å². The van der Waals surface area contributed by atoms with Crippen LogP contribution in [0, 0.1) is 0 Å². The van der Waals surface area contributed by atoms with Gasteiger partial charge in [0, 0.05) is 33.7 Å². The Bertz CT molecular complexity index is 3100. The summed E-state index contributed by atoms with van der Waals surface area (Å²) in [6, 6.07) is 68.9. The maximum atomic E-state index is 6.98. The molecule has 10 aromatic rings. The Kier molecular flexibility index (Phi) is 5.73. The first-order valence-electron chi connectivity index (χ1n) is 18.3. The fourth-order valence-corrected chi connectivity index (χ4v) is 9.68. The minimum atomic E-state index is -0.523. The van der Waals surface area contributed by atoms with Gasteiger partial charge >= 0.3 is 0 Å². The van der Waals surface area contributed by atoms with Crippen molar-refractivity contribution in [3.63, 3.8) is 0 Å². The maximum Gasteiger partial charge on any atom is 0.134 e. The number of fused-ring (bicyclic) bond motifs is 15. The molecule has 0 saturated heterocycles. The lowest BCUT2D eigenvalue weighted by molar-refractivity contribution is 0.437. The summed E-state index contributed by atoms with van der Waals surface area (Å²) in [6.45, 7) is 0. The molecule has 0 amide bonds. The van der Waals surface area contributed by atoms with E-state index in [1.165, 1.54) is 82.3 Å². The van der Waals surface area contributed by atoms with Gasteiger partial charge in [-0.1, -0.05) is 152 Å². The highest BCUT2D eigenvalue weighted by Crippen LogP contribution is 2.62. The Labute approximate surface area is 306 Å². The molecule has 0 radical (unpaired) electrons. The van der Waals surface area contributed by atoms with Gasteiger partial charge in [-0.15, -0.1) is 0 Å². The monoisotopic (exact) mass is 673 g/mol. The SMILES string of the molecule is c1ccc2c(c1)Oc1cc3c(cc1C21c2ccccc2-c2ccccc21)c1c2ccccc2ccc1n3-c1ccc(-c2cccc3ccccc23)cc1. The summed E-state index contributed by atoms with van der Waals surface area (Å²) in [6.07, 6.45) is 0. The molecule has 0 unspecified atom stereocenters. The van der Waals surface area contributed by atoms with Crippen molar-refractivity contribution in [1.82, 2.24) is 4.57 Å². The van der Waals surface area contributed by atoms with Gasteiger partial charge in [-0.3, -0.25) is 0 Å². The molecule has 2 heterocycles. The van der Waals surface area contributed by atoms with Crippen LogP contribution in [0.3, 0.4) is 0 Å². The number of hydrogen-bond acceptors (Lipinski definition) is 1. The summed E-state index contributed by atoms with van der Waals surface area (Å²) in [5.41, 5.74) is 12.9. The minimum Gasteiger partial charge on any atom is -0.457 e. The zero-order valence-electron chi connectivity index (χ0n) is 28.8. The zero-order valence-corrected chi connectivity index (χ0v) is 28.8. The fourth-order valence-electron chi connectivity index (χ4n) is 9.68. The topological polar surface area (TPSA) is 14.2 Å². The number of nitrogens with zero attached hydrogens (tertiary/aromatic N) is 1. The van der Waals surface area contributed by atoms with Crippen LogP contribution in [0.15, 0.2) is 188 Å². The molecule has 1 aliphatic heterocycles. The first kappa shape index (κ1) is 28.8. The van der Waals surface area contributed by atoms with E-state index in [-0.39, 0.29) is 0 Å². The maximum absolute atomic E-state index is 6.98. The van der Waals surface area contributed by atoms with Crippen molar-refractivity contribution < 1.29 is 4.74 Å². The molecule has 246 valence electrons. The van der Waals surface area contributed by atoms with Crippen LogP contribution in [0.2, 0.25) is 0 Å². The van der Waals surface area contributed by atoms with Gasteiger partial charge in [0.25, 0.3) is 0 Å². The van der Waals surface area contributed by atoms with E-state index in [1.807, 2.05) is 0 Å². The van der Waals surface area contributed by atoms with E-state index in [4.69, 9.17) is 4.74 Å². The van der Waals surface area contributed by atoms with Crippen molar-refractivity contribution in [2.75, 3.05) is 0 Å². The van der Waals surface area contributed by atoms with Crippen molar-refractivity contribution in [1.29, 1.82) is 0 Å². The van der Waals surface area contributed by atoms with Crippen LogP contribution in [0.5, 0.6) is 11.5 Å². The van der Waals surface area contributed by atoms with E-state index in [9.17, 15) is 0 Å². The van der Waals surface area contributed by atoms with Crippen molar-refractivity contribution in [2.24, 2.45) is 0 Å². The van der Waals surface area contributed by atoms with Crippen LogP contribution in [0.4, 0.5) is 0 Å². The number of rotatable bonds is 2. The van der Waals surface area contributed by atoms with Crippen LogP contribution in [-0.2, 0) is 5.41 Å². The molecule has 0 bridgehead atoms. The van der Waals surface area contributed by atoms with Gasteiger partial charge in [-0.2, -0.15) is 0 Å². The summed E-state index contributed by atoms with van der Waals surface area (Å²) in [5.74, 6) is 1.79. The Morgan fingerprint density at radius 1 is 0.377 bits per heavy atom. The molecule has 1 spiro atoms. The third-order valence-electron chi connectivity index (χ3n) is 11.8. The predicted molar refractivity (Wildman–Crippen MR) is 219 cm³/mol. The third kappa shape index (κ3) is 3.77. The van der Waals surface area contributed by atoms with E-state index in [1.54, 1.807) is 0 Å². The molecule has 0 saturated carbocycles. The smallest absolute Gasteiger partial charge is 0.134 e. The zero-order chi connectivity index (χ0) is 34.7. The molecule has 2 nitrogen and oxygen atoms in total. The van der Waals surface area contributed by atoms with Gasteiger partial charge in [-0.25, -0.2) is 0 Å². The molecule has 1 aliphatic carbocycles. The van der Waals surface area contributed by atoms with Crippen molar-refractivity contribution >= 4 is 43.4 Å². The summed E-state index contributed by atoms with van der Waals surface area (Å²) >= 11 is 0. The van der Waals surface area contributed by atoms with Gasteiger partial charge in [0.1, 0.15) is 11.5 Å². The lowest BCUT2D eigenvalue weighted by Crippen LogP contribution is -2.32. The van der Waals surface area contributed by atoms with Gasteiger partial charge in [0.15, 0.2) is 0 Å². The lowest BCUT2D eigenvalue weighted by atomic mass is 9.66. The highest BCUT2D eigenvalue weighted by molar-refractivity contribution is 6.22. The van der Waals surface area contributed by atoms with E-state index < -0.39 is 5.41 Å². The Morgan fingerprint density at radius 2 is 0.981 bits per heavy atom. The second-order valence-electron chi connectivity index (χ2n) is 14.4. The van der Waals surface area contributed by atoms with Gasteiger partial charge in [-0.05, 0) is 85.3 Å². The standard InChI is InChI=1S/C51H31NO/c1-3-15-36-32(12-1)14-11-19-37(36)34-24-27-35(28-25-34)52-46-29-26-33-13-2-4-16-38(33)50(46)41-30-45-49(31-47(41)52)53-48-23-10-9-22-44(48)51(45)42-20-7-5-17-39(42)40-18-6-8-21-43(40)51/h1-31H. The quantitative estimate of drug-likeness (QED) is 0.178. The molecule has 0 N–H and O–H groups in total. The summed E-state index contributed by atoms with van der Waals surface area (Å²) in [7, 11) is 0. The van der Waals surface area contributed by atoms with Gasteiger partial charge in [0.05, 0.1) is 16.4 Å². The summed E-state index contributed by atoms with van der Waals surface area (Å²) in [4.78, 5) is 0. The number of ether oxygens (including phenoxy) is 1. The van der Waals surface area contributed by atoms with Crippen LogP contribution in [-0.4, -0.2) is 4.57 Å². The number of hydrogen-bond donors (Lipinski definition) is 0. The van der Waals surface area contributed by atoms with Crippen molar-refractivity contribution in [2.45, 2.75) is 5.41 Å². The molecule has 2 aliphatic rings. The molecule has 12 rings (SSSR count). The number of benzene rings is 9. The number of aromatic nitrogens is 1. The molecule has 0 atom stereocenters. The van der Waals surface area contributed by atoms with E-state index >= 15 is 0 Å².